The number of aromatic amines is 2. The predicted octanol–water partition coefficient (Wildman–Crippen LogP) is 7.86. The number of fused-ring (bicyclic) bond motifs is 6. The summed E-state index contributed by atoms with van der Waals surface area (Å²) in [6.07, 6.45) is 9.15. The number of rotatable bonds is 9. The number of carbonyl (C=O) groups is 4. The van der Waals surface area contributed by atoms with Crippen molar-refractivity contribution in [3.8, 4) is 40.5 Å². The van der Waals surface area contributed by atoms with Crippen molar-refractivity contribution in [2.75, 3.05) is 14.2 Å². The van der Waals surface area contributed by atoms with Crippen LogP contribution >= 0.6 is 0 Å². The topological polar surface area (TPSA) is 184 Å². The second kappa shape index (κ2) is 17.1. The van der Waals surface area contributed by atoms with Gasteiger partial charge in [0, 0.05) is 17.0 Å². The van der Waals surface area contributed by atoms with E-state index in [0.717, 1.165) is 68.3 Å². The number of H-pyrrole nitrogens is 2. The smallest absolute Gasteiger partial charge is 0.407 e. The molecular formula is C49H50N8O7. The van der Waals surface area contributed by atoms with Gasteiger partial charge in [0.1, 0.15) is 36.1 Å². The summed E-state index contributed by atoms with van der Waals surface area (Å²) in [7, 11) is 2.55. The van der Waals surface area contributed by atoms with Gasteiger partial charge in [0.2, 0.25) is 5.91 Å². The third-order valence-electron chi connectivity index (χ3n) is 12.9. The van der Waals surface area contributed by atoms with Crippen LogP contribution in [0.1, 0.15) is 87.4 Å². The van der Waals surface area contributed by atoms with Gasteiger partial charge in [-0.1, -0.05) is 68.3 Å². The number of hydrogen-bond donors (Lipinski definition) is 4. The van der Waals surface area contributed by atoms with E-state index in [1.54, 1.807) is 23.2 Å². The molecule has 3 aliphatic heterocycles. The maximum atomic E-state index is 14.4. The second-order valence-electron chi connectivity index (χ2n) is 17.0. The quantitative estimate of drug-likeness (QED) is 0.105. The number of alkyl carbamates (subject to hydrolysis) is 2. The number of hydrogen-bond acceptors (Lipinski definition) is 9. The van der Waals surface area contributed by atoms with E-state index in [1.165, 1.54) is 14.2 Å². The van der Waals surface area contributed by atoms with Gasteiger partial charge in [-0.25, -0.2) is 19.6 Å². The van der Waals surface area contributed by atoms with Crippen LogP contribution in [0.5, 0.6) is 5.75 Å². The van der Waals surface area contributed by atoms with Gasteiger partial charge in [-0.05, 0) is 90.4 Å². The van der Waals surface area contributed by atoms with Crippen LogP contribution in [-0.4, -0.2) is 86.1 Å². The number of carbonyl (C=O) groups excluding carboxylic acids is 4. The molecule has 0 radical (unpaired) electrons. The summed E-state index contributed by atoms with van der Waals surface area (Å²) in [5, 5.41) is 7.31. The number of nitrogens with zero attached hydrogens (tertiary/aromatic N) is 4. The normalized spacial score (nSPS) is 20.0. The van der Waals surface area contributed by atoms with Gasteiger partial charge in [0.25, 0.3) is 5.91 Å². The van der Waals surface area contributed by atoms with Crippen LogP contribution in [0.15, 0.2) is 79.0 Å². The third kappa shape index (κ3) is 7.52. The molecule has 4 amide bonds. The average molecular weight is 863 g/mol. The van der Waals surface area contributed by atoms with E-state index in [9.17, 15) is 19.2 Å². The third-order valence-corrected chi connectivity index (χ3v) is 12.9. The lowest BCUT2D eigenvalue weighted by Gasteiger charge is -2.32. The van der Waals surface area contributed by atoms with Crippen molar-refractivity contribution in [2.45, 2.75) is 89.3 Å². The first-order valence-electron chi connectivity index (χ1n) is 21.6. The Hall–Kier alpha value is -7.34. The second-order valence-corrected chi connectivity index (χ2v) is 17.0. The highest BCUT2D eigenvalue weighted by Gasteiger charge is 2.43. The first-order valence-corrected chi connectivity index (χ1v) is 21.6. The zero-order valence-electron chi connectivity index (χ0n) is 36.3. The van der Waals surface area contributed by atoms with Gasteiger partial charge in [-0.3, -0.25) is 9.59 Å². The van der Waals surface area contributed by atoms with Crippen molar-refractivity contribution in [3.05, 3.63) is 102 Å². The molecule has 6 atom stereocenters. The van der Waals surface area contributed by atoms with Crippen LogP contribution in [0.2, 0.25) is 0 Å². The zero-order chi connectivity index (χ0) is 44.8. The highest BCUT2D eigenvalue weighted by atomic mass is 16.5. The molecule has 2 fully saturated rings. The molecule has 4 aromatic carbocycles. The summed E-state index contributed by atoms with van der Waals surface area (Å²) in [6, 6.07) is 20.5. The molecular weight excluding hydrogens is 813 g/mol. The largest absolute Gasteiger partial charge is 0.488 e. The Morgan fingerprint density at radius 3 is 2.34 bits per heavy atom. The summed E-state index contributed by atoms with van der Waals surface area (Å²) in [5.41, 5.74) is 6.97. The average Bonchev–Trinajstić information content (AvgIpc) is 4.14. The molecule has 0 bridgehead atoms. The van der Waals surface area contributed by atoms with E-state index < -0.39 is 36.4 Å². The number of ether oxygens (including phenoxy) is 3. The number of terminal acetylenes is 1. The van der Waals surface area contributed by atoms with Gasteiger partial charge >= 0.3 is 12.2 Å². The Morgan fingerprint density at radius 2 is 1.59 bits per heavy atom. The lowest BCUT2D eigenvalue weighted by molar-refractivity contribution is -0.137. The fraction of sp³-hybridized carbons (Fsp3) is 0.347. The van der Waals surface area contributed by atoms with Crippen molar-refractivity contribution in [1.82, 2.24) is 40.4 Å². The molecule has 6 aromatic rings. The van der Waals surface area contributed by atoms with Crippen LogP contribution in [0.4, 0.5) is 9.59 Å². The van der Waals surface area contributed by atoms with Gasteiger partial charge in [0.15, 0.2) is 0 Å². The Kier molecular flexibility index (Phi) is 11.2. The summed E-state index contributed by atoms with van der Waals surface area (Å²) >= 11 is 0. The minimum atomic E-state index is -1.01. The molecule has 3 aliphatic rings. The van der Waals surface area contributed by atoms with Crippen molar-refractivity contribution >= 4 is 45.8 Å². The van der Waals surface area contributed by atoms with Gasteiger partial charge < -0.3 is 44.6 Å². The monoisotopic (exact) mass is 862 g/mol. The summed E-state index contributed by atoms with van der Waals surface area (Å²) in [6.45, 7) is 6.18. The van der Waals surface area contributed by atoms with Gasteiger partial charge in [-0.15, -0.1) is 6.42 Å². The Labute approximate surface area is 370 Å². The van der Waals surface area contributed by atoms with E-state index in [4.69, 9.17) is 30.6 Å². The zero-order valence-corrected chi connectivity index (χ0v) is 36.3. The lowest BCUT2D eigenvalue weighted by Crippen LogP contribution is -2.52. The molecule has 5 heterocycles. The van der Waals surface area contributed by atoms with Gasteiger partial charge in [-0.2, -0.15) is 0 Å². The maximum absolute atomic E-state index is 14.4. The van der Waals surface area contributed by atoms with Crippen LogP contribution < -0.4 is 15.4 Å². The summed E-state index contributed by atoms with van der Waals surface area (Å²) < 4.78 is 16.1. The van der Waals surface area contributed by atoms with E-state index in [0.29, 0.717) is 36.7 Å². The number of methoxy groups -OCH3 is 2. The van der Waals surface area contributed by atoms with Crippen LogP contribution in [0.3, 0.4) is 0 Å². The van der Waals surface area contributed by atoms with Crippen molar-refractivity contribution in [1.29, 1.82) is 0 Å². The standard InChI is InChI=1S/C49H50N8O7/c1-7-32-16-20-39(57(32)47(59)42(55-49(61)63-6)28-11-9-8-10-12-28)45-51-36-18-15-29-22-35-33-17-14-30(21-31(33)25-64-40(35)23-34(29)43(36)53-45)37-24-50-44(52-37)38-19-13-27(4)56(38)46(58)41(26(2)3)54-48(60)62-5/h1,8-12,14-15,17-18,21-24,26-27,32,38-39,41-42H,13,16,19-20,25H2,2-6H3,(H,50,52)(H,51,53)(H,54,60)(H,55,61)/t27-,32-,38-,39-,41-,42+/m0/s1. The number of amides is 4. The van der Waals surface area contributed by atoms with Gasteiger partial charge in [0.05, 0.1) is 55.3 Å². The number of likely N-dealkylation sites (tertiary alicyclic amines) is 2. The first-order chi connectivity index (χ1) is 31.0. The van der Waals surface area contributed by atoms with E-state index >= 15 is 0 Å². The lowest BCUT2D eigenvalue weighted by atomic mass is 9.92. The Bertz CT molecular complexity index is 2830. The molecule has 0 saturated carbocycles. The highest BCUT2D eigenvalue weighted by molar-refractivity contribution is 6.07. The molecule has 0 unspecified atom stereocenters. The van der Waals surface area contributed by atoms with Crippen molar-refractivity contribution < 1.29 is 33.4 Å². The van der Waals surface area contributed by atoms with Crippen LogP contribution in [0, 0.1) is 18.3 Å². The predicted molar refractivity (Wildman–Crippen MR) is 240 cm³/mol. The van der Waals surface area contributed by atoms with Crippen molar-refractivity contribution in [3.63, 3.8) is 0 Å². The Balaban J connectivity index is 0.980. The van der Waals surface area contributed by atoms with E-state index in [-0.39, 0.29) is 29.8 Å². The Morgan fingerprint density at radius 1 is 0.844 bits per heavy atom. The number of aromatic nitrogens is 4. The maximum Gasteiger partial charge on any atom is 0.407 e. The molecule has 15 nitrogen and oxygen atoms in total. The summed E-state index contributed by atoms with van der Waals surface area (Å²) in [5.74, 6) is 4.18. The molecule has 4 N–H and O–H groups in total. The number of benzene rings is 4. The molecule has 2 aromatic heterocycles. The molecule has 15 heteroatoms. The van der Waals surface area contributed by atoms with E-state index in [1.807, 2.05) is 56.0 Å². The highest BCUT2D eigenvalue weighted by Crippen LogP contribution is 2.44. The van der Waals surface area contributed by atoms with E-state index in [2.05, 4.69) is 56.9 Å². The minimum Gasteiger partial charge on any atom is -0.488 e. The molecule has 0 spiro atoms. The van der Waals surface area contributed by atoms with Crippen LogP contribution in [0.25, 0.3) is 44.2 Å². The molecule has 9 rings (SSSR count). The molecule has 64 heavy (non-hydrogen) atoms. The molecule has 0 aliphatic carbocycles. The minimum absolute atomic E-state index is 0.0265. The summed E-state index contributed by atoms with van der Waals surface area (Å²) in [4.78, 5) is 73.2. The fourth-order valence-corrected chi connectivity index (χ4v) is 9.58. The first kappa shape index (κ1) is 42.0. The molecule has 2 saturated heterocycles. The van der Waals surface area contributed by atoms with Crippen LogP contribution in [-0.2, 0) is 25.7 Å². The van der Waals surface area contributed by atoms with Crippen molar-refractivity contribution in [2.24, 2.45) is 5.92 Å². The SMILES string of the molecule is C#C[C@H]1CC[C@@H](c2nc3c(ccc4cc5c(cc43)OCc3cc(-c4cnc([C@@H]6CC[C@H](C)N6C(=O)[C@@H](NC(=O)OC)C(C)C)[nH]4)ccc3-5)[nH]2)N1C(=O)[C@H](NC(=O)OC)c1ccccc1. The number of imidazole rings is 2. The molecule has 328 valence electrons. The number of nitrogens with one attached hydrogen (secondary N) is 4. The fourth-order valence-electron chi connectivity index (χ4n) is 9.58.